The third kappa shape index (κ3) is 1.89. The third-order valence-electron chi connectivity index (χ3n) is 2.50. The molecule has 6 heteroatoms. The molecule has 0 atom stereocenters. The summed E-state index contributed by atoms with van der Waals surface area (Å²) < 4.78 is 7.30. The number of hydrogen-bond acceptors (Lipinski definition) is 4. The van der Waals surface area contributed by atoms with E-state index >= 15 is 0 Å². The predicted octanol–water partition coefficient (Wildman–Crippen LogP) is 2.88. The average Bonchev–Trinajstić information content (AvgIpc) is 2.80. The highest BCUT2D eigenvalue weighted by Crippen LogP contribution is 2.25. The van der Waals surface area contributed by atoms with Gasteiger partial charge < -0.3 is 4.74 Å². The summed E-state index contributed by atoms with van der Waals surface area (Å²) in [6.07, 6.45) is 1.41. The predicted molar refractivity (Wildman–Crippen MR) is 67.0 cm³/mol. The number of rotatable bonds is 2. The van der Waals surface area contributed by atoms with Gasteiger partial charge in [0, 0.05) is 6.07 Å². The van der Waals surface area contributed by atoms with Crippen LogP contribution in [0.15, 0.2) is 36.7 Å². The van der Waals surface area contributed by atoms with Gasteiger partial charge in [0.2, 0.25) is 5.88 Å². The maximum Gasteiger partial charge on any atom is 0.256 e. The van der Waals surface area contributed by atoms with E-state index in [1.54, 1.807) is 6.07 Å². The van der Waals surface area contributed by atoms with Crippen LogP contribution in [0.5, 0.6) is 11.6 Å². The molecule has 0 aliphatic rings. The second kappa shape index (κ2) is 4.27. The third-order valence-corrected chi connectivity index (χ3v) is 2.69. The van der Waals surface area contributed by atoms with E-state index in [4.69, 9.17) is 16.3 Å². The van der Waals surface area contributed by atoms with Crippen molar-refractivity contribution in [3.63, 3.8) is 0 Å². The second-order valence-electron chi connectivity index (χ2n) is 3.76. The monoisotopic (exact) mass is 260 g/mol. The minimum absolute atomic E-state index is 0.319. The zero-order chi connectivity index (χ0) is 12.5. The molecule has 0 fully saturated rings. The van der Waals surface area contributed by atoms with Crippen molar-refractivity contribution in [1.29, 1.82) is 0 Å². The Kier molecular flexibility index (Phi) is 2.60. The van der Waals surface area contributed by atoms with E-state index < -0.39 is 0 Å². The van der Waals surface area contributed by atoms with Crippen molar-refractivity contribution in [2.24, 2.45) is 0 Å². The summed E-state index contributed by atoms with van der Waals surface area (Å²) >= 11 is 5.91. The van der Waals surface area contributed by atoms with Gasteiger partial charge in [0.1, 0.15) is 17.2 Å². The smallest absolute Gasteiger partial charge is 0.256 e. The zero-order valence-corrected chi connectivity index (χ0v) is 10.3. The number of fused-ring (bicyclic) bond motifs is 1. The lowest BCUT2D eigenvalue weighted by molar-refractivity contribution is 0.443. The first-order valence-corrected chi connectivity index (χ1v) is 5.71. The fourth-order valence-electron chi connectivity index (χ4n) is 1.61. The fraction of sp³-hybridized carbons (Fsp3) is 0.0833. The zero-order valence-electron chi connectivity index (χ0n) is 9.54. The maximum absolute atomic E-state index is 5.91. The van der Waals surface area contributed by atoms with E-state index in [-0.39, 0.29) is 0 Å². The normalized spacial score (nSPS) is 10.8. The number of ether oxygens (including phenoxy) is 1. The van der Waals surface area contributed by atoms with Crippen molar-refractivity contribution in [2.45, 2.75) is 6.92 Å². The molecule has 18 heavy (non-hydrogen) atoms. The van der Waals surface area contributed by atoms with Gasteiger partial charge in [-0.25, -0.2) is 0 Å². The van der Waals surface area contributed by atoms with E-state index in [1.165, 1.54) is 10.8 Å². The highest BCUT2D eigenvalue weighted by molar-refractivity contribution is 6.29. The number of aromatic nitrogens is 4. The number of halogens is 1. The Bertz CT molecular complexity index is 710. The minimum atomic E-state index is 0.319. The van der Waals surface area contributed by atoms with Crippen LogP contribution >= 0.6 is 11.6 Å². The van der Waals surface area contributed by atoms with Gasteiger partial charge in [0.05, 0.1) is 0 Å². The lowest BCUT2D eigenvalue weighted by Gasteiger charge is -2.09. The van der Waals surface area contributed by atoms with Gasteiger partial charge in [0.25, 0.3) is 5.78 Å². The van der Waals surface area contributed by atoms with Gasteiger partial charge >= 0.3 is 0 Å². The molecule has 3 rings (SSSR count). The lowest BCUT2D eigenvalue weighted by atomic mass is 10.2. The van der Waals surface area contributed by atoms with Gasteiger partial charge in [-0.15, -0.1) is 0 Å². The molecular formula is C12H9ClN4O. The minimum Gasteiger partial charge on any atom is -0.438 e. The Morgan fingerprint density at radius 3 is 2.94 bits per heavy atom. The van der Waals surface area contributed by atoms with Crippen LogP contribution in [0.3, 0.4) is 0 Å². The molecular weight excluding hydrogens is 252 g/mol. The molecule has 0 bridgehead atoms. The Morgan fingerprint density at radius 1 is 1.28 bits per heavy atom. The van der Waals surface area contributed by atoms with Crippen LogP contribution in [0.2, 0.25) is 5.15 Å². The number of benzene rings is 1. The summed E-state index contributed by atoms with van der Waals surface area (Å²) in [5.74, 6) is 1.64. The first kappa shape index (κ1) is 11.0. The van der Waals surface area contributed by atoms with E-state index in [9.17, 15) is 0 Å². The largest absolute Gasteiger partial charge is 0.438 e. The summed E-state index contributed by atoms with van der Waals surface area (Å²) in [5.41, 5.74) is 1.03. The van der Waals surface area contributed by atoms with Crippen molar-refractivity contribution in [3.8, 4) is 11.6 Å². The summed E-state index contributed by atoms with van der Waals surface area (Å²) in [5, 5.41) is 4.36. The van der Waals surface area contributed by atoms with Crippen LogP contribution in [0.4, 0.5) is 0 Å². The molecule has 0 spiro atoms. The highest BCUT2D eigenvalue weighted by atomic mass is 35.5. The number of hydrogen-bond donors (Lipinski definition) is 0. The maximum atomic E-state index is 5.91. The van der Waals surface area contributed by atoms with Gasteiger partial charge in [-0.1, -0.05) is 29.8 Å². The molecule has 2 heterocycles. The molecule has 0 aliphatic carbocycles. The van der Waals surface area contributed by atoms with Crippen LogP contribution in [0.1, 0.15) is 5.56 Å². The van der Waals surface area contributed by atoms with E-state index in [2.05, 4.69) is 15.1 Å². The Morgan fingerprint density at radius 2 is 2.11 bits per heavy atom. The fourth-order valence-corrected chi connectivity index (χ4v) is 1.78. The van der Waals surface area contributed by atoms with Gasteiger partial charge in [0.15, 0.2) is 0 Å². The van der Waals surface area contributed by atoms with Crippen molar-refractivity contribution >= 4 is 17.4 Å². The Balaban J connectivity index is 2.10. The van der Waals surface area contributed by atoms with Crippen molar-refractivity contribution in [3.05, 3.63) is 47.4 Å². The summed E-state index contributed by atoms with van der Waals surface area (Å²) in [6.45, 7) is 1.97. The van der Waals surface area contributed by atoms with E-state index in [0.29, 0.717) is 16.8 Å². The Labute approximate surface area is 108 Å². The molecule has 0 aliphatic heterocycles. The highest BCUT2D eigenvalue weighted by Gasteiger charge is 2.09. The molecule has 0 amide bonds. The molecule has 0 N–H and O–H groups in total. The molecule has 90 valence electrons. The van der Waals surface area contributed by atoms with Crippen LogP contribution in [-0.4, -0.2) is 19.6 Å². The number of aryl methyl sites for hydroxylation is 1. The van der Waals surface area contributed by atoms with Crippen LogP contribution < -0.4 is 4.74 Å². The van der Waals surface area contributed by atoms with Crippen LogP contribution in [0, 0.1) is 6.92 Å². The van der Waals surface area contributed by atoms with Crippen molar-refractivity contribution in [2.75, 3.05) is 0 Å². The van der Waals surface area contributed by atoms with E-state index in [0.717, 1.165) is 11.3 Å². The second-order valence-corrected chi connectivity index (χ2v) is 4.14. The van der Waals surface area contributed by atoms with Crippen LogP contribution in [0.25, 0.3) is 5.78 Å². The van der Waals surface area contributed by atoms with Crippen LogP contribution in [-0.2, 0) is 0 Å². The molecule has 1 aromatic carbocycles. The topological polar surface area (TPSA) is 52.3 Å². The summed E-state index contributed by atoms with van der Waals surface area (Å²) in [7, 11) is 0. The molecule has 0 saturated carbocycles. The SMILES string of the molecule is Cc1ccccc1Oc1cc(Cl)nc2ncnn12. The van der Waals surface area contributed by atoms with Gasteiger partial charge in [-0.05, 0) is 18.6 Å². The molecule has 3 aromatic rings. The average molecular weight is 261 g/mol. The number of nitrogens with zero attached hydrogens (tertiary/aromatic N) is 4. The molecule has 0 unspecified atom stereocenters. The van der Waals surface area contributed by atoms with E-state index in [1.807, 2.05) is 31.2 Å². The molecule has 0 radical (unpaired) electrons. The van der Waals surface area contributed by atoms with Gasteiger partial charge in [-0.2, -0.15) is 19.6 Å². The summed E-state index contributed by atoms with van der Waals surface area (Å²) in [6, 6.07) is 9.31. The molecule has 5 nitrogen and oxygen atoms in total. The Hall–Kier alpha value is -2.14. The van der Waals surface area contributed by atoms with Crippen molar-refractivity contribution in [1.82, 2.24) is 19.6 Å². The summed E-state index contributed by atoms with van der Waals surface area (Å²) in [4.78, 5) is 8.02. The molecule has 0 saturated heterocycles. The van der Waals surface area contributed by atoms with Gasteiger partial charge in [-0.3, -0.25) is 0 Å². The number of para-hydroxylation sites is 1. The standard InChI is InChI=1S/C12H9ClN4O/c1-8-4-2-3-5-9(8)18-11-6-10(13)16-12-14-7-15-17(11)12/h2-7H,1H3. The quantitative estimate of drug-likeness (QED) is 0.665. The molecule has 2 aromatic heterocycles. The first-order valence-electron chi connectivity index (χ1n) is 5.34. The van der Waals surface area contributed by atoms with Crippen molar-refractivity contribution < 1.29 is 4.74 Å². The lowest BCUT2D eigenvalue weighted by Crippen LogP contribution is -1.98. The first-order chi connectivity index (χ1) is 8.74.